The molecular weight excluding hydrogens is 558 g/mol. The number of furan rings is 1. The Hall–Kier alpha value is -5.86. The van der Waals surface area contributed by atoms with Crippen molar-refractivity contribution < 1.29 is 4.42 Å². The Labute approximate surface area is 266 Å². The second-order valence-corrected chi connectivity index (χ2v) is 12.4. The van der Waals surface area contributed by atoms with Crippen molar-refractivity contribution in [2.45, 2.75) is 12.8 Å². The number of rotatable bonds is 3. The number of nitrogens with zero attached hydrogens (tertiary/aromatic N) is 1. The van der Waals surface area contributed by atoms with Gasteiger partial charge in [0.15, 0.2) is 5.58 Å². The molecule has 7 aromatic carbocycles. The average Bonchev–Trinajstić information content (AvgIpc) is 3.69. The topological polar surface area (TPSA) is 18.1 Å². The van der Waals surface area contributed by atoms with Crippen LogP contribution in [0, 0.1) is 0 Å². The molecule has 0 atom stereocenters. The summed E-state index contributed by atoms with van der Waals surface area (Å²) in [6.45, 7) is 0. The van der Waals surface area contributed by atoms with Gasteiger partial charge in [-0.15, -0.1) is 0 Å². The van der Waals surface area contributed by atoms with Gasteiger partial charge < -0.3 is 8.98 Å². The molecule has 1 aliphatic rings. The maximum atomic E-state index is 7.11. The third-order valence-electron chi connectivity index (χ3n) is 9.81. The molecule has 216 valence electrons. The highest BCUT2D eigenvalue weighted by molar-refractivity contribution is 6.32. The number of benzene rings is 7. The van der Waals surface area contributed by atoms with Crippen molar-refractivity contribution in [1.29, 1.82) is 0 Å². The van der Waals surface area contributed by atoms with Crippen LogP contribution in [0.15, 0.2) is 150 Å². The van der Waals surface area contributed by atoms with Crippen molar-refractivity contribution in [2.24, 2.45) is 0 Å². The molecule has 46 heavy (non-hydrogen) atoms. The van der Waals surface area contributed by atoms with E-state index in [0.29, 0.717) is 0 Å². The molecule has 1 aliphatic carbocycles. The first kappa shape index (κ1) is 25.5. The van der Waals surface area contributed by atoms with Gasteiger partial charge in [0, 0.05) is 38.5 Å². The Balaban J connectivity index is 1.37. The van der Waals surface area contributed by atoms with Gasteiger partial charge in [0.1, 0.15) is 5.58 Å². The Morgan fingerprint density at radius 1 is 0.478 bits per heavy atom. The van der Waals surface area contributed by atoms with Crippen LogP contribution in [0.1, 0.15) is 17.7 Å². The molecule has 2 heterocycles. The molecule has 0 N–H and O–H groups in total. The van der Waals surface area contributed by atoms with Crippen LogP contribution in [-0.4, -0.2) is 4.57 Å². The van der Waals surface area contributed by atoms with E-state index in [1.54, 1.807) is 0 Å². The zero-order chi connectivity index (χ0) is 30.2. The van der Waals surface area contributed by atoms with E-state index in [4.69, 9.17) is 4.42 Å². The molecule has 0 saturated heterocycles. The van der Waals surface area contributed by atoms with Crippen LogP contribution in [0.5, 0.6) is 0 Å². The fourth-order valence-electron chi connectivity index (χ4n) is 7.78. The minimum Gasteiger partial charge on any atom is -0.453 e. The lowest BCUT2D eigenvalue weighted by Crippen LogP contribution is -2.04. The highest BCUT2D eigenvalue weighted by Crippen LogP contribution is 2.46. The van der Waals surface area contributed by atoms with Crippen LogP contribution in [-0.2, 0) is 6.42 Å². The van der Waals surface area contributed by atoms with Crippen LogP contribution >= 0.6 is 0 Å². The summed E-state index contributed by atoms with van der Waals surface area (Å²) < 4.78 is 9.61. The van der Waals surface area contributed by atoms with E-state index in [1.165, 1.54) is 60.4 Å². The number of hydrogen-bond donors (Lipinski definition) is 0. The van der Waals surface area contributed by atoms with Crippen molar-refractivity contribution >= 4 is 60.5 Å². The van der Waals surface area contributed by atoms with Crippen LogP contribution in [0.2, 0.25) is 0 Å². The van der Waals surface area contributed by atoms with Crippen LogP contribution in [0.4, 0.5) is 0 Å². The first-order valence-electron chi connectivity index (χ1n) is 16.1. The third kappa shape index (κ3) is 3.64. The van der Waals surface area contributed by atoms with E-state index in [1.807, 2.05) is 0 Å². The largest absolute Gasteiger partial charge is 0.453 e. The van der Waals surface area contributed by atoms with Crippen molar-refractivity contribution in [3.63, 3.8) is 0 Å². The number of allylic oxidation sites excluding steroid dienone is 1. The van der Waals surface area contributed by atoms with Crippen molar-refractivity contribution in [3.05, 3.63) is 157 Å². The first-order valence-corrected chi connectivity index (χ1v) is 16.1. The zero-order valence-corrected chi connectivity index (χ0v) is 25.2. The summed E-state index contributed by atoms with van der Waals surface area (Å²) in [4.78, 5) is 0. The number of aromatic nitrogens is 1. The van der Waals surface area contributed by atoms with Crippen molar-refractivity contribution in [1.82, 2.24) is 4.57 Å². The third-order valence-corrected chi connectivity index (χ3v) is 9.81. The van der Waals surface area contributed by atoms with Gasteiger partial charge in [-0.3, -0.25) is 0 Å². The minimum atomic E-state index is 0.947. The van der Waals surface area contributed by atoms with Crippen molar-refractivity contribution in [2.75, 3.05) is 0 Å². The second-order valence-electron chi connectivity index (χ2n) is 12.4. The lowest BCUT2D eigenvalue weighted by Gasteiger charge is -2.17. The molecular formula is C44H29NO. The Kier molecular flexibility index (Phi) is 5.44. The smallest absolute Gasteiger partial charge is 0.160 e. The second kappa shape index (κ2) is 9.82. The van der Waals surface area contributed by atoms with Gasteiger partial charge in [-0.25, -0.2) is 0 Å². The predicted octanol–water partition coefficient (Wildman–Crippen LogP) is 12.1. The first-order chi connectivity index (χ1) is 22.8. The molecule has 0 radical (unpaired) electrons. The lowest BCUT2D eigenvalue weighted by atomic mass is 9.96. The molecule has 0 aliphatic heterocycles. The Morgan fingerprint density at radius 2 is 1.07 bits per heavy atom. The molecule has 2 heteroatoms. The summed E-state index contributed by atoms with van der Waals surface area (Å²) in [7, 11) is 0. The zero-order valence-electron chi connectivity index (χ0n) is 25.2. The highest BCUT2D eigenvalue weighted by atomic mass is 16.3. The normalized spacial score (nSPS) is 13.0. The molecule has 0 fully saturated rings. The SMILES string of the molecule is C1=Cc2c(n(-c3cc(-c4ccccc4)cc(-c4ccccc4)c3)c3c2ccc2c3oc3c4ccccc4c4ccccc4c23)CC1. The molecule has 0 bridgehead atoms. The van der Waals surface area contributed by atoms with E-state index in [2.05, 4.69) is 156 Å². The quantitative estimate of drug-likeness (QED) is 0.188. The van der Waals surface area contributed by atoms with E-state index in [0.717, 1.165) is 46.0 Å². The monoisotopic (exact) mass is 587 g/mol. The molecule has 0 unspecified atom stereocenters. The predicted molar refractivity (Wildman–Crippen MR) is 194 cm³/mol. The number of fused-ring (bicyclic) bond motifs is 12. The Bertz CT molecular complexity index is 2610. The molecule has 0 saturated carbocycles. The van der Waals surface area contributed by atoms with Crippen LogP contribution < -0.4 is 0 Å². The average molecular weight is 588 g/mol. The van der Waals surface area contributed by atoms with Gasteiger partial charge in [-0.1, -0.05) is 127 Å². The fraction of sp³-hybridized carbons (Fsp3) is 0.0455. The molecule has 2 aromatic heterocycles. The summed E-state index contributed by atoms with van der Waals surface area (Å²) in [6, 6.07) is 50.5. The Morgan fingerprint density at radius 3 is 1.76 bits per heavy atom. The lowest BCUT2D eigenvalue weighted by molar-refractivity contribution is 0.674. The van der Waals surface area contributed by atoms with E-state index < -0.39 is 0 Å². The minimum absolute atomic E-state index is 0.947. The van der Waals surface area contributed by atoms with Gasteiger partial charge in [0.2, 0.25) is 0 Å². The summed E-state index contributed by atoms with van der Waals surface area (Å²) >= 11 is 0. The van der Waals surface area contributed by atoms with Crippen LogP contribution in [0.25, 0.3) is 88.4 Å². The van der Waals surface area contributed by atoms with Crippen molar-refractivity contribution in [3.8, 4) is 27.9 Å². The van der Waals surface area contributed by atoms with E-state index in [9.17, 15) is 0 Å². The van der Waals surface area contributed by atoms with Gasteiger partial charge in [-0.05, 0) is 75.5 Å². The molecule has 0 spiro atoms. The summed E-state index contributed by atoms with van der Waals surface area (Å²) in [5.74, 6) is 0. The summed E-state index contributed by atoms with van der Waals surface area (Å²) in [6.07, 6.45) is 6.62. The van der Waals surface area contributed by atoms with Gasteiger partial charge >= 0.3 is 0 Å². The van der Waals surface area contributed by atoms with Gasteiger partial charge in [0.05, 0.1) is 5.52 Å². The fourth-order valence-corrected chi connectivity index (χ4v) is 7.78. The molecule has 2 nitrogen and oxygen atoms in total. The highest BCUT2D eigenvalue weighted by Gasteiger charge is 2.25. The molecule has 9 aromatic rings. The standard InChI is InChI=1S/C44H29NO/c1-3-13-28(14-4-1)30-25-31(29-15-5-2-6-16-29)27-32(26-30)45-40-22-12-11-19-35(40)37-23-24-39-41-36-20-9-7-17-33(36)34-18-8-10-21-38(34)43(41)46-44(39)42(37)45/h1-11,13-21,23-27H,12,22H2. The van der Waals surface area contributed by atoms with E-state index in [-0.39, 0.29) is 0 Å². The maximum Gasteiger partial charge on any atom is 0.160 e. The maximum absolute atomic E-state index is 7.11. The molecule has 10 rings (SSSR count). The molecule has 0 amide bonds. The van der Waals surface area contributed by atoms with E-state index >= 15 is 0 Å². The summed E-state index contributed by atoms with van der Waals surface area (Å²) in [5.41, 5.74) is 11.7. The van der Waals surface area contributed by atoms with Gasteiger partial charge in [-0.2, -0.15) is 0 Å². The van der Waals surface area contributed by atoms with Gasteiger partial charge in [0.25, 0.3) is 0 Å². The number of hydrogen-bond acceptors (Lipinski definition) is 1. The summed E-state index contributed by atoms with van der Waals surface area (Å²) in [5, 5.41) is 8.45. The van der Waals surface area contributed by atoms with Crippen LogP contribution in [0.3, 0.4) is 0 Å².